The van der Waals surface area contributed by atoms with Crippen molar-refractivity contribution in [2.45, 2.75) is 19.8 Å². The highest BCUT2D eigenvalue weighted by Crippen LogP contribution is 2.29. The zero-order valence-electron chi connectivity index (χ0n) is 16.6. The number of carbonyl (C=O) groups is 3. The van der Waals surface area contributed by atoms with E-state index in [-0.39, 0.29) is 28.7 Å². The predicted octanol–water partition coefficient (Wildman–Crippen LogP) is 3.56. The Labute approximate surface area is 173 Å². The van der Waals surface area contributed by atoms with Crippen LogP contribution in [0.4, 0.5) is 15.8 Å². The molecule has 7 nitrogen and oxygen atoms in total. The molecule has 0 radical (unpaired) electrons. The van der Waals surface area contributed by atoms with Crippen LogP contribution >= 0.6 is 0 Å². The van der Waals surface area contributed by atoms with Crippen molar-refractivity contribution in [1.29, 1.82) is 0 Å². The molecule has 0 saturated carbocycles. The topological polar surface area (TPSA) is 95.9 Å². The lowest BCUT2D eigenvalue weighted by Crippen LogP contribution is -2.40. The SMILES string of the molecule is CCOC(=O)[C@H]1CCCN(c2ccc(NC(=O)c3ccccc3F)cc2C(=O)O)C1. The summed E-state index contributed by atoms with van der Waals surface area (Å²) in [6.07, 6.45) is 1.42. The average molecular weight is 414 g/mol. The van der Waals surface area contributed by atoms with Gasteiger partial charge in [0.05, 0.1) is 29.3 Å². The minimum atomic E-state index is -1.16. The van der Waals surface area contributed by atoms with E-state index < -0.39 is 17.7 Å². The van der Waals surface area contributed by atoms with Crippen LogP contribution < -0.4 is 10.2 Å². The summed E-state index contributed by atoms with van der Waals surface area (Å²) in [5.41, 5.74) is 0.557. The molecule has 0 unspecified atom stereocenters. The quantitative estimate of drug-likeness (QED) is 0.702. The Morgan fingerprint density at radius 3 is 2.67 bits per heavy atom. The molecule has 1 amide bonds. The molecule has 2 N–H and O–H groups in total. The molecule has 158 valence electrons. The number of aromatic carboxylic acids is 1. The van der Waals surface area contributed by atoms with Crippen molar-refractivity contribution in [2.24, 2.45) is 5.92 Å². The normalized spacial score (nSPS) is 16.1. The van der Waals surface area contributed by atoms with Crippen molar-refractivity contribution < 1.29 is 28.6 Å². The monoisotopic (exact) mass is 414 g/mol. The van der Waals surface area contributed by atoms with Gasteiger partial charge in [-0.25, -0.2) is 9.18 Å². The second-order valence-corrected chi connectivity index (χ2v) is 7.01. The van der Waals surface area contributed by atoms with Gasteiger partial charge in [0.15, 0.2) is 0 Å². The Balaban J connectivity index is 1.82. The first kappa shape index (κ1) is 21.3. The minimum Gasteiger partial charge on any atom is -0.478 e. The van der Waals surface area contributed by atoms with Crippen molar-refractivity contribution in [3.63, 3.8) is 0 Å². The number of hydrogen-bond acceptors (Lipinski definition) is 5. The number of halogens is 1. The van der Waals surface area contributed by atoms with Gasteiger partial charge in [0.2, 0.25) is 0 Å². The van der Waals surface area contributed by atoms with Gasteiger partial charge in [-0.3, -0.25) is 9.59 Å². The Bertz CT molecular complexity index is 962. The maximum Gasteiger partial charge on any atom is 0.337 e. The number of nitrogens with zero attached hydrogens (tertiary/aromatic N) is 1. The number of hydrogen-bond donors (Lipinski definition) is 2. The van der Waals surface area contributed by atoms with E-state index in [4.69, 9.17) is 4.74 Å². The summed E-state index contributed by atoms with van der Waals surface area (Å²) in [5.74, 6) is -3.10. The Morgan fingerprint density at radius 1 is 1.20 bits per heavy atom. The molecule has 1 heterocycles. The van der Waals surface area contributed by atoms with Crippen LogP contribution in [0.2, 0.25) is 0 Å². The molecule has 30 heavy (non-hydrogen) atoms. The van der Waals surface area contributed by atoms with E-state index in [0.717, 1.165) is 6.42 Å². The van der Waals surface area contributed by atoms with Crippen LogP contribution in [0, 0.1) is 11.7 Å². The van der Waals surface area contributed by atoms with Crippen LogP contribution in [0.1, 0.15) is 40.5 Å². The minimum absolute atomic E-state index is 0.00848. The van der Waals surface area contributed by atoms with Crippen LogP contribution in [-0.4, -0.2) is 42.6 Å². The van der Waals surface area contributed by atoms with Crippen molar-refractivity contribution in [3.8, 4) is 0 Å². The number of amides is 1. The smallest absolute Gasteiger partial charge is 0.337 e. The molecule has 0 aromatic heterocycles. The van der Waals surface area contributed by atoms with Crippen LogP contribution in [0.5, 0.6) is 0 Å². The number of carboxylic acids is 1. The number of anilines is 2. The van der Waals surface area contributed by atoms with E-state index >= 15 is 0 Å². The molecule has 1 atom stereocenters. The molecule has 2 aromatic rings. The van der Waals surface area contributed by atoms with Gasteiger partial charge in [0, 0.05) is 18.8 Å². The maximum absolute atomic E-state index is 13.8. The molecule has 3 rings (SSSR count). The van der Waals surface area contributed by atoms with E-state index in [0.29, 0.717) is 31.8 Å². The molecule has 0 bridgehead atoms. The molecule has 1 aliphatic heterocycles. The number of carbonyl (C=O) groups excluding carboxylic acids is 2. The molecule has 8 heteroatoms. The summed E-state index contributed by atoms with van der Waals surface area (Å²) in [5, 5.41) is 12.2. The van der Waals surface area contributed by atoms with Gasteiger partial charge >= 0.3 is 11.9 Å². The van der Waals surface area contributed by atoms with Gasteiger partial charge in [-0.1, -0.05) is 12.1 Å². The highest BCUT2D eigenvalue weighted by molar-refractivity contribution is 6.05. The van der Waals surface area contributed by atoms with E-state index in [1.807, 2.05) is 4.90 Å². The Morgan fingerprint density at radius 2 is 1.97 bits per heavy atom. The largest absolute Gasteiger partial charge is 0.478 e. The van der Waals surface area contributed by atoms with Crippen molar-refractivity contribution in [1.82, 2.24) is 0 Å². The second-order valence-electron chi connectivity index (χ2n) is 7.01. The lowest BCUT2D eigenvalue weighted by Gasteiger charge is -2.34. The molecular formula is C22H23FN2O5. The molecule has 1 fully saturated rings. The number of benzene rings is 2. The van der Waals surface area contributed by atoms with Gasteiger partial charge in [0.25, 0.3) is 5.91 Å². The summed E-state index contributed by atoms with van der Waals surface area (Å²) in [6, 6.07) is 10.0. The van der Waals surface area contributed by atoms with Crippen LogP contribution in [-0.2, 0) is 9.53 Å². The molecular weight excluding hydrogens is 391 g/mol. The van der Waals surface area contributed by atoms with Crippen molar-refractivity contribution in [2.75, 3.05) is 29.9 Å². The predicted molar refractivity (Wildman–Crippen MR) is 109 cm³/mol. The molecule has 0 spiro atoms. The molecule has 2 aromatic carbocycles. The zero-order chi connectivity index (χ0) is 21.7. The summed E-state index contributed by atoms with van der Waals surface area (Å²) >= 11 is 0. The van der Waals surface area contributed by atoms with Gasteiger partial charge in [-0.2, -0.15) is 0 Å². The van der Waals surface area contributed by atoms with Gasteiger partial charge < -0.3 is 20.1 Å². The molecule has 0 aliphatic carbocycles. The fraction of sp³-hybridized carbons (Fsp3) is 0.318. The van der Waals surface area contributed by atoms with Gasteiger partial charge in [-0.05, 0) is 50.1 Å². The maximum atomic E-state index is 13.8. The third-order valence-electron chi connectivity index (χ3n) is 4.99. The zero-order valence-corrected chi connectivity index (χ0v) is 16.6. The summed E-state index contributed by atoms with van der Waals surface area (Å²) in [6.45, 7) is 3.01. The van der Waals surface area contributed by atoms with E-state index in [9.17, 15) is 23.9 Å². The standard InChI is InChI=1S/C22H23FN2O5/c1-2-30-22(29)14-6-5-11-25(13-14)19-10-9-15(12-17(19)21(27)28)24-20(26)16-7-3-4-8-18(16)23/h3-4,7-10,12,14H,2,5-6,11,13H2,1H3,(H,24,26)(H,27,28)/t14-/m0/s1. The molecule has 1 saturated heterocycles. The summed E-state index contributed by atoms with van der Waals surface area (Å²) in [7, 11) is 0. The number of carboxylic acid groups (broad SMARTS) is 1. The average Bonchev–Trinajstić information content (AvgIpc) is 2.74. The fourth-order valence-electron chi connectivity index (χ4n) is 3.55. The first-order chi connectivity index (χ1) is 14.4. The van der Waals surface area contributed by atoms with Crippen LogP contribution in [0.15, 0.2) is 42.5 Å². The first-order valence-electron chi connectivity index (χ1n) is 9.75. The van der Waals surface area contributed by atoms with E-state index in [2.05, 4.69) is 5.32 Å². The lowest BCUT2D eigenvalue weighted by molar-refractivity contribution is -0.148. The number of piperidine rings is 1. The van der Waals surface area contributed by atoms with Gasteiger partial charge in [0.1, 0.15) is 5.82 Å². The van der Waals surface area contributed by atoms with Crippen LogP contribution in [0.25, 0.3) is 0 Å². The summed E-state index contributed by atoms with van der Waals surface area (Å²) < 4.78 is 18.9. The Hall–Kier alpha value is -3.42. The van der Waals surface area contributed by atoms with Crippen LogP contribution in [0.3, 0.4) is 0 Å². The second kappa shape index (κ2) is 9.39. The highest BCUT2D eigenvalue weighted by atomic mass is 19.1. The summed E-state index contributed by atoms with van der Waals surface area (Å²) in [4.78, 5) is 38.1. The number of ether oxygens (including phenoxy) is 1. The number of esters is 1. The molecule has 1 aliphatic rings. The third kappa shape index (κ3) is 4.76. The number of nitrogens with one attached hydrogen (secondary N) is 1. The fourth-order valence-corrected chi connectivity index (χ4v) is 3.55. The number of rotatable bonds is 6. The lowest BCUT2D eigenvalue weighted by atomic mass is 9.96. The van der Waals surface area contributed by atoms with Gasteiger partial charge in [-0.15, -0.1) is 0 Å². The van der Waals surface area contributed by atoms with Crippen molar-refractivity contribution in [3.05, 3.63) is 59.4 Å². The van der Waals surface area contributed by atoms with E-state index in [1.165, 1.54) is 24.3 Å². The Kier molecular flexibility index (Phi) is 6.66. The van der Waals surface area contributed by atoms with E-state index in [1.54, 1.807) is 25.1 Å². The third-order valence-corrected chi connectivity index (χ3v) is 4.99. The van der Waals surface area contributed by atoms with Crippen molar-refractivity contribution >= 4 is 29.2 Å². The first-order valence-corrected chi connectivity index (χ1v) is 9.75. The highest BCUT2D eigenvalue weighted by Gasteiger charge is 2.29.